The molecule has 5 amide bonds. The van der Waals surface area contributed by atoms with Crippen molar-refractivity contribution in [2.75, 3.05) is 26.0 Å². The van der Waals surface area contributed by atoms with E-state index in [1.54, 1.807) is 13.8 Å². The zero-order valence-electron chi connectivity index (χ0n) is 27.9. The van der Waals surface area contributed by atoms with Gasteiger partial charge in [-0.15, -0.1) is 0 Å². The third kappa shape index (κ3) is 10.8. The molecule has 1 saturated heterocycles. The normalized spacial score (nSPS) is 19.8. The minimum absolute atomic E-state index is 0.0235. The molecule has 44 heavy (non-hydrogen) atoms. The first-order valence-corrected chi connectivity index (χ1v) is 17.3. The third-order valence-electron chi connectivity index (χ3n) is 8.58. The molecule has 0 aromatic rings. The Morgan fingerprint density at radius 3 is 2.20 bits per heavy atom. The summed E-state index contributed by atoms with van der Waals surface area (Å²) in [5.41, 5.74) is -1.88. The van der Waals surface area contributed by atoms with Crippen molar-refractivity contribution in [1.82, 2.24) is 26.2 Å². The molecule has 1 saturated carbocycles. The van der Waals surface area contributed by atoms with Gasteiger partial charge in [0.05, 0.1) is 17.7 Å². The average Bonchev–Trinajstić information content (AvgIpc) is 3.64. The standard InChI is InChI=1S/C31H55N5O7S/c1-9-11-12-17-31(10-2,20-44(42)29(3,4)5)35-28(41)34-24(30(6,7)43-8)27(40)36-18-13-14-22(36)25(38)32-19-23(37)26(39)33-21-15-16-21/h21-22,24H,9-20H2,1-8H3,(H,32,38)(H,33,39)(H2,34,35,41). The minimum atomic E-state index is -1.23. The number of hydrogen-bond acceptors (Lipinski definition) is 7. The van der Waals surface area contributed by atoms with Crippen molar-refractivity contribution < 1.29 is 32.9 Å². The molecule has 4 atom stereocenters. The zero-order chi connectivity index (χ0) is 33.3. The van der Waals surface area contributed by atoms with E-state index in [9.17, 15) is 28.2 Å². The molecule has 12 nitrogen and oxygen atoms in total. The van der Waals surface area contributed by atoms with E-state index in [2.05, 4.69) is 28.2 Å². The highest BCUT2D eigenvalue weighted by Gasteiger charge is 2.45. The van der Waals surface area contributed by atoms with Crippen molar-refractivity contribution in [2.24, 2.45) is 0 Å². The summed E-state index contributed by atoms with van der Waals surface area (Å²) in [7, 11) is 0.219. The Labute approximate surface area is 265 Å². The highest BCUT2D eigenvalue weighted by Crippen LogP contribution is 2.27. The number of likely N-dealkylation sites (tertiary alicyclic amines) is 1. The minimum Gasteiger partial charge on any atom is -0.376 e. The molecule has 2 rings (SSSR count). The maximum absolute atomic E-state index is 14.0. The summed E-state index contributed by atoms with van der Waals surface area (Å²) in [6.07, 6.45) is 6.64. The summed E-state index contributed by atoms with van der Waals surface area (Å²) >= 11 is 0. The third-order valence-corrected chi connectivity index (χ3v) is 10.8. The van der Waals surface area contributed by atoms with Gasteiger partial charge >= 0.3 is 6.03 Å². The first-order chi connectivity index (χ1) is 20.5. The molecular formula is C31H55N5O7S. The molecule has 1 aliphatic carbocycles. The van der Waals surface area contributed by atoms with Crippen molar-refractivity contribution in [3.8, 4) is 0 Å². The van der Waals surface area contributed by atoms with E-state index in [0.717, 1.165) is 32.1 Å². The molecule has 1 aliphatic heterocycles. The summed E-state index contributed by atoms with van der Waals surface area (Å²) in [5.74, 6) is -2.22. The fourth-order valence-corrected chi connectivity index (χ4v) is 6.46. The molecule has 252 valence electrons. The Hall–Kier alpha value is -2.54. The molecule has 13 heteroatoms. The largest absolute Gasteiger partial charge is 0.376 e. The maximum Gasteiger partial charge on any atom is 0.316 e. The lowest BCUT2D eigenvalue weighted by molar-refractivity contribution is -0.145. The van der Waals surface area contributed by atoms with E-state index < -0.39 is 74.9 Å². The molecule has 2 fully saturated rings. The Balaban J connectivity index is 2.19. The molecule has 2 aliphatic rings. The van der Waals surface area contributed by atoms with Gasteiger partial charge in [-0.05, 0) is 73.1 Å². The van der Waals surface area contributed by atoms with Gasteiger partial charge in [-0.1, -0.05) is 33.1 Å². The molecule has 4 N–H and O–H groups in total. The summed E-state index contributed by atoms with van der Waals surface area (Å²) < 4.78 is 18.4. The van der Waals surface area contributed by atoms with Gasteiger partial charge in [-0.25, -0.2) is 4.79 Å². The summed E-state index contributed by atoms with van der Waals surface area (Å²) in [6, 6.07) is -2.56. The molecule has 4 unspecified atom stereocenters. The van der Waals surface area contributed by atoms with Crippen LogP contribution in [0.5, 0.6) is 0 Å². The Morgan fingerprint density at radius 2 is 1.66 bits per heavy atom. The first kappa shape index (κ1) is 37.6. The van der Waals surface area contributed by atoms with E-state index in [1.807, 2.05) is 27.7 Å². The highest BCUT2D eigenvalue weighted by atomic mass is 32.2. The van der Waals surface area contributed by atoms with Crippen molar-refractivity contribution in [3.63, 3.8) is 0 Å². The van der Waals surface area contributed by atoms with E-state index in [0.29, 0.717) is 25.7 Å². The molecule has 0 radical (unpaired) electrons. The number of ketones is 1. The predicted octanol–water partition coefficient (Wildman–Crippen LogP) is 2.31. The molecule has 1 heterocycles. The Kier molecular flexibility index (Phi) is 13.8. The maximum atomic E-state index is 14.0. The Bertz CT molecular complexity index is 1070. The highest BCUT2D eigenvalue weighted by molar-refractivity contribution is 7.86. The molecule has 0 aromatic heterocycles. The number of ether oxygens (including phenoxy) is 1. The van der Waals surface area contributed by atoms with Crippen LogP contribution in [0.25, 0.3) is 0 Å². The van der Waals surface area contributed by atoms with Gasteiger partial charge in [0.15, 0.2) is 0 Å². The van der Waals surface area contributed by atoms with E-state index in [4.69, 9.17) is 4.74 Å². The summed E-state index contributed by atoms with van der Waals surface area (Å²) in [5, 5.41) is 11.0. The molecular weight excluding hydrogens is 586 g/mol. The van der Waals surface area contributed by atoms with Gasteiger partial charge in [-0.3, -0.25) is 23.4 Å². The monoisotopic (exact) mass is 641 g/mol. The number of urea groups is 1. The molecule has 0 spiro atoms. The topological polar surface area (TPSA) is 163 Å². The van der Waals surface area contributed by atoms with Gasteiger partial charge in [0.1, 0.15) is 12.1 Å². The van der Waals surface area contributed by atoms with Crippen LogP contribution in [0.15, 0.2) is 0 Å². The van der Waals surface area contributed by atoms with Crippen LogP contribution in [0.1, 0.15) is 106 Å². The first-order valence-electron chi connectivity index (χ1n) is 15.9. The van der Waals surface area contributed by atoms with Gasteiger partial charge in [0.2, 0.25) is 17.6 Å². The van der Waals surface area contributed by atoms with Crippen LogP contribution < -0.4 is 21.3 Å². The van der Waals surface area contributed by atoms with Crippen LogP contribution in [0.3, 0.4) is 0 Å². The summed E-state index contributed by atoms with van der Waals surface area (Å²) in [4.78, 5) is 66.2. The number of Topliss-reactive ketones (excluding diaryl/α,β-unsaturated/α-hetero) is 1. The van der Waals surface area contributed by atoms with Crippen molar-refractivity contribution in [1.29, 1.82) is 0 Å². The number of carbonyl (C=O) groups is 5. The van der Waals surface area contributed by atoms with Gasteiger partial charge in [0.25, 0.3) is 5.91 Å². The number of nitrogens with zero attached hydrogens (tertiary/aromatic N) is 1. The lowest BCUT2D eigenvalue weighted by atomic mass is 9.91. The number of methoxy groups -OCH3 is 1. The van der Waals surface area contributed by atoms with E-state index in [-0.39, 0.29) is 18.3 Å². The van der Waals surface area contributed by atoms with Crippen LogP contribution >= 0.6 is 0 Å². The van der Waals surface area contributed by atoms with Crippen LogP contribution in [-0.4, -0.2) is 98.6 Å². The van der Waals surface area contributed by atoms with Gasteiger partial charge < -0.3 is 30.9 Å². The molecule has 0 bridgehead atoms. The second kappa shape index (κ2) is 16.1. The lowest BCUT2D eigenvalue weighted by Crippen LogP contribution is -2.65. The quantitative estimate of drug-likeness (QED) is 0.140. The van der Waals surface area contributed by atoms with Gasteiger partial charge in [0, 0.05) is 41.0 Å². The Morgan fingerprint density at radius 1 is 1.00 bits per heavy atom. The second-order valence-corrected chi connectivity index (χ2v) is 15.8. The van der Waals surface area contributed by atoms with Crippen molar-refractivity contribution in [3.05, 3.63) is 0 Å². The second-order valence-electron chi connectivity index (χ2n) is 13.6. The van der Waals surface area contributed by atoms with Crippen molar-refractivity contribution in [2.45, 2.75) is 140 Å². The number of hydrogen-bond donors (Lipinski definition) is 4. The van der Waals surface area contributed by atoms with Gasteiger partial charge in [-0.2, -0.15) is 0 Å². The number of rotatable bonds is 17. The average molecular weight is 642 g/mol. The van der Waals surface area contributed by atoms with E-state index in [1.165, 1.54) is 12.0 Å². The van der Waals surface area contributed by atoms with Crippen LogP contribution in [-0.2, 0) is 34.7 Å². The summed E-state index contributed by atoms with van der Waals surface area (Å²) in [6.45, 7) is 13.0. The van der Waals surface area contributed by atoms with E-state index >= 15 is 0 Å². The number of unbranched alkanes of at least 4 members (excludes halogenated alkanes) is 2. The van der Waals surface area contributed by atoms with Crippen molar-refractivity contribution >= 4 is 40.3 Å². The lowest BCUT2D eigenvalue weighted by Gasteiger charge is -2.39. The number of amides is 5. The SMILES string of the molecule is CCCCCC(CC)(CS(=O)C(C)(C)C)NC(=O)NC(C(=O)N1CCCC1C(=O)NCC(=O)C(=O)NC1CC1)C(C)(C)OC. The number of nitrogens with one attached hydrogen (secondary N) is 4. The predicted molar refractivity (Wildman–Crippen MR) is 170 cm³/mol. The molecule has 0 aromatic carbocycles. The zero-order valence-corrected chi connectivity index (χ0v) is 28.7. The smallest absolute Gasteiger partial charge is 0.316 e. The number of carbonyl (C=O) groups excluding carboxylic acids is 5. The van der Waals surface area contributed by atoms with Crippen LogP contribution in [0.4, 0.5) is 4.79 Å². The van der Waals surface area contributed by atoms with Crippen LogP contribution in [0, 0.1) is 0 Å². The fraction of sp³-hybridized carbons (Fsp3) is 0.839. The van der Waals surface area contributed by atoms with Crippen LogP contribution in [0.2, 0.25) is 0 Å². The fourth-order valence-electron chi connectivity index (χ4n) is 5.11.